The Hall–Kier alpha value is -1.28. The number of rotatable bonds is 7. The summed E-state index contributed by atoms with van der Waals surface area (Å²) in [4.78, 5) is 11.1. The number of hydrogen-bond donors (Lipinski definition) is 0. The molecule has 114 valence electrons. The van der Waals surface area contributed by atoms with Gasteiger partial charge in [0.2, 0.25) is 0 Å². The van der Waals surface area contributed by atoms with Gasteiger partial charge in [-0.2, -0.15) is 0 Å². The molecule has 1 aliphatic carbocycles. The molecule has 0 aromatic heterocycles. The molecule has 3 heteroatoms. The van der Waals surface area contributed by atoms with E-state index in [2.05, 4.69) is 6.58 Å². The Kier molecular flexibility index (Phi) is 6.31. The van der Waals surface area contributed by atoms with E-state index in [1.165, 1.54) is 32.1 Å². The van der Waals surface area contributed by atoms with Gasteiger partial charge in [0.25, 0.3) is 5.24 Å². The van der Waals surface area contributed by atoms with Crippen molar-refractivity contribution in [3.8, 4) is 5.75 Å². The fourth-order valence-corrected chi connectivity index (χ4v) is 3.14. The largest absolute Gasteiger partial charge is 0.490 e. The molecule has 0 N–H and O–H groups in total. The van der Waals surface area contributed by atoms with E-state index in [0.717, 1.165) is 18.6 Å². The molecule has 0 radical (unpaired) electrons. The van der Waals surface area contributed by atoms with Crippen LogP contribution in [0.5, 0.6) is 5.75 Å². The average Bonchev–Trinajstić information content (AvgIpc) is 2.52. The van der Waals surface area contributed by atoms with E-state index in [1.54, 1.807) is 12.1 Å². The van der Waals surface area contributed by atoms with E-state index < -0.39 is 5.24 Å². The third-order valence-electron chi connectivity index (χ3n) is 4.20. The van der Waals surface area contributed by atoms with Gasteiger partial charge in [-0.25, -0.2) is 0 Å². The van der Waals surface area contributed by atoms with Gasteiger partial charge in [0.1, 0.15) is 11.9 Å². The van der Waals surface area contributed by atoms with Gasteiger partial charge < -0.3 is 4.74 Å². The highest BCUT2D eigenvalue weighted by Crippen LogP contribution is 2.31. The lowest BCUT2D eigenvalue weighted by molar-refractivity contribution is 0.100. The minimum atomic E-state index is -0.433. The maximum absolute atomic E-state index is 11.1. The molecule has 2 nitrogen and oxygen atoms in total. The van der Waals surface area contributed by atoms with E-state index in [1.807, 2.05) is 18.2 Å². The van der Waals surface area contributed by atoms with E-state index >= 15 is 0 Å². The standard InChI is InChI=1S/C18H23ClO2/c1-2-3-9-17(14-7-5-4-6-8-14)21-16-12-10-15(11-13-16)18(19)20/h2,10-14,17H,1,3-9H2. The number of ether oxygens (including phenoxy) is 1. The van der Waals surface area contributed by atoms with Crippen molar-refractivity contribution in [3.05, 3.63) is 42.5 Å². The van der Waals surface area contributed by atoms with Gasteiger partial charge in [0, 0.05) is 5.56 Å². The van der Waals surface area contributed by atoms with Crippen molar-refractivity contribution in [3.63, 3.8) is 0 Å². The monoisotopic (exact) mass is 306 g/mol. The van der Waals surface area contributed by atoms with Gasteiger partial charge in [0.15, 0.2) is 0 Å². The highest BCUT2D eigenvalue weighted by Gasteiger charge is 2.24. The van der Waals surface area contributed by atoms with Crippen molar-refractivity contribution in [2.45, 2.75) is 51.0 Å². The summed E-state index contributed by atoms with van der Waals surface area (Å²) >= 11 is 5.46. The molecule has 0 spiro atoms. The summed E-state index contributed by atoms with van der Waals surface area (Å²) in [5.74, 6) is 1.45. The first kappa shape index (κ1) is 16.1. The van der Waals surface area contributed by atoms with Gasteiger partial charge in [-0.05, 0) is 67.5 Å². The first-order valence-corrected chi connectivity index (χ1v) is 8.16. The molecule has 2 rings (SSSR count). The Morgan fingerprint density at radius 3 is 2.52 bits per heavy atom. The SMILES string of the molecule is C=CCCC(Oc1ccc(C(=O)Cl)cc1)C1CCCCC1. The fourth-order valence-electron chi connectivity index (χ4n) is 3.02. The molecule has 1 saturated carbocycles. The van der Waals surface area contributed by atoms with Crippen LogP contribution in [0.25, 0.3) is 0 Å². The van der Waals surface area contributed by atoms with Crippen LogP contribution in [0.15, 0.2) is 36.9 Å². The zero-order valence-electron chi connectivity index (χ0n) is 12.4. The van der Waals surface area contributed by atoms with Crippen molar-refractivity contribution in [2.75, 3.05) is 0 Å². The van der Waals surface area contributed by atoms with Crippen LogP contribution in [-0.4, -0.2) is 11.3 Å². The van der Waals surface area contributed by atoms with Gasteiger partial charge in [-0.15, -0.1) is 6.58 Å². The molecule has 1 fully saturated rings. The normalized spacial score (nSPS) is 17.2. The molecule has 0 bridgehead atoms. The molecule has 1 atom stereocenters. The first-order chi connectivity index (χ1) is 10.2. The van der Waals surface area contributed by atoms with Crippen LogP contribution < -0.4 is 4.74 Å². The maximum atomic E-state index is 11.1. The second-order valence-electron chi connectivity index (χ2n) is 5.72. The second-order valence-corrected chi connectivity index (χ2v) is 6.06. The number of carbonyl (C=O) groups excluding carboxylic acids is 1. The predicted octanol–water partition coefficient (Wildman–Crippen LogP) is 5.36. The number of benzene rings is 1. The minimum absolute atomic E-state index is 0.237. The molecular formula is C18H23ClO2. The molecule has 0 saturated heterocycles. The Labute approximate surface area is 132 Å². The summed E-state index contributed by atoms with van der Waals surface area (Å²) in [5.41, 5.74) is 0.504. The molecule has 0 aliphatic heterocycles. The Bertz CT molecular complexity index is 461. The van der Waals surface area contributed by atoms with Crippen molar-refractivity contribution in [2.24, 2.45) is 5.92 Å². The Balaban J connectivity index is 2.02. The van der Waals surface area contributed by atoms with Crippen molar-refractivity contribution in [1.29, 1.82) is 0 Å². The molecule has 1 aromatic rings. The average molecular weight is 307 g/mol. The summed E-state index contributed by atoms with van der Waals surface area (Å²) in [6.45, 7) is 3.81. The zero-order chi connectivity index (χ0) is 15.1. The lowest BCUT2D eigenvalue weighted by Crippen LogP contribution is -2.28. The molecule has 1 aliphatic rings. The van der Waals surface area contributed by atoms with Crippen molar-refractivity contribution >= 4 is 16.8 Å². The van der Waals surface area contributed by atoms with Crippen molar-refractivity contribution < 1.29 is 9.53 Å². The Morgan fingerprint density at radius 2 is 1.95 bits per heavy atom. The quantitative estimate of drug-likeness (QED) is 0.501. The van der Waals surface area contributed by atoms with Crippen LogP contribution in [0.1, 0.15) is 55.3 Å². The van der Waals surface area contributed by atoms with Crippen LogP contribution >= 0.6 is 11.6 Å². The topological polar surface area (TPSA) is 26.3 Å². The second kappa shape index (κ2) is 8.23. The fraction of sp³-hybridized carbons (Fsp3) is 0.500. The smallest absolute Gasteiger partial charge is 0.252 e. The van der Waals surface area contributed by atoms with Gasteiger partial charge >= 0.3 is 0 Å². The highest BCUT2D eigenvalue weighted by atomic mass is 35.5. The minimum Gasteiger partial charge on any atom is -0.490 e. The summed E-state index contributed by atoms with van der Waals surface area (Å²) in [6, 6.07) is 7.10. The third kappa shape index (κ3) is 4.89. The highest BCUT2D eigenvalue weighted by molar-refractivity contribution is 6.67. The maximum Gasteiger partial charge on any atom is 0.252 e. The summed E-state index contributed by atoms with van der Waals surface area (Å²) in [5, 5.41) is -0.433. The summed E-state index contributed by atoms with van der Waals surface area (Å²) in [7, 11) is 0. The molecule has 0 heterocycles. The molecule has 1 unspecified atom stereocenters. The molecule has 21 heavy (non-hydrogen) atoms. The first-order valence-electron chi connectivity index (χ1n) is 7.78. The van der Waals surface area contributed by atoms with E-state index in [9.17, 15) is 4.79 Å². The third-order valence-corrected chi connectivity index (χ3v) is 4.42. The summed E-state index contributed by atoms with van der Waals surface area (Å²) in [6.07, 6.45) is 10.6. The number of halogens is 1. The zero-order valence-corrected chi connectivity index (χ0v) is 13.1. The van der Waals surface area contributed by atoms with Gasteiger partial charge in [-0.1, -0.05) is 25.3 Å². The van der Waals surface area contributed by atoms with E-state index in [-0.39, 0.29) is 6.10 Å². The van der Waals surface area contributed by atoms with Gasteiger partial charge in [0.05, 0.1) is 0 Å². The lowest BCUT2D eigenvalue weighted by atomic mass is 9.83. The molecule has 0 amide bonds. The van der Waals surface area contributed by atoms with Crippen molar-refractivity contribution in [1.82, 2.24) is 0 Å². The van der Waals surface area contributed by atoms with Crippen LogP contribution in [0, 0.1) is 5.92 Å². The lowest BCUT2D eigenvalue weighted by Gasteiger charge is -2.30. The Morgan fingerprint density at radius 1 is 1.29 bits per heavy atom. The predicted molar refractivity (Wildman–Crippen MR) is 87.0 cm³/mol. The van der Waals surface area contributed by atoms with Gasteiger partial charge in [-0.3, -0.25) is 4.79 Å². The number of allylic oxidation sites excluding steroid dienone is 1. The van der Waals surface area contributed by atoms with Crippen LogP contribution in [0.2, 0.25) is 0 Å². The molecular weight excluding hydrogens is 284 g/mol. The van der Waals surface area contributed by atoms with E-state index in [4.69, 9.17) is 16.3 Å². The van der Waals surface area contributed by atoms with E-state index in [0.29, 0.717) is 11.5 Å². The summed E-state index contributed by atoms with van der Waals surface area (Å²) < 4.78 is 6.19. The van der Waals surface area contributed by atoms with Crippen LogP contribution in [0.4, 0.5) is 0 Å². The van der Waals surface area contributed by atoms with Crippen LogP contribution in [-0.2, 0) is 0 Å². The number of hydrogen-bond acceptors (Lipinski definition) is 2. The number of carbonyl (C=O) groups is 1. The van der Waals surface area contributed by atoms with Crippen LogP contribution in [0.3, 0.4) is 0 Å². The molecule has 1 aromatic carbocycles.